The fourth-order valence-electron chi connectivity index (χ4n) is 0.785. The van der Waals surface area contributed by atoms with Crippen molar-refractivity contribution in [2.24, 2.45) is 0 Å². The number of phosphoric ester groups is 1. The van der Waals surface area contributed by atoms with Gasteiger partial charge in [0.05, 0.1) is 34.4 Å². The zero-order valence-corrected chi connectivity index (χ0v) is 11.9. The van der Waals surface area contributed by atoms with E-state index in [9.17, 15) is 14.6 Å². The third kappa shape index (κ3) is 7.83. The van der Waals surface area contributed by atoms with Crippen LogP contribution in [0, 0.1) is 0 Å². The molecule has 8 heteroatoms. The van der Waals surface area contributed by atoms with Gasteiger partial charge in [-0.25, -0.2) is 9.09 Å². The van der Waals surface area contributed by atoms with Crippen LogP contribution in [0.4, 0.5) is 0 Å². The van der Waals surface area contributed by atoms with Gasteiger partial charge in [0.1, 0.15) is 6.10 Å². The number of quaternary nitrogens is 1. The molecule has 0 aromatic heterocycles. The second-order valence-electron chi connectivity index (χ2n) is 4.69. The van der Waals surface area contributed by atoms with Gasteiger partial charge < -0.3 is 19.2 Å². The van der Waals surface area contributed by atoms with Gasteiger partial charge >= 0.3 is 7.82 Å². The van der Waals surface area contributed by atoms with Gasteiger partial charge in [-0.1, -0.05) is 0 Å². The first-order valence-corrected chi connectivity index (χ1v) is 6.72. The average Bonchev–Trinajstić information content (AvgIpc) is 2.13. The van der Waals surface area contributed by atoms with E-state index in [4.69, 9.17) is 4.52 Å². The highest BCUT2D eigenvalue weighted by atomic mass is 31.2. The van der Waals surface area contributed by atoms with Crippen LogP contribution in [0.1, 0.15) is 6.92 Å². The van der Waals surface area contributed by atoms with Crippen LogP contribution in [0.15, 0.2) is 0 Å². The van der Waals surface area contributed by atoms with E-state index in [0.717, 1.165) is 0 Å². The summed E-state index contributed by atoms with van der Waals surface area (Å²) in [6.07, 6.45) is -1.46. The third-order valence-corrected chi connectivity index (χ3v) is 3.21. The molecule has 0 fully saturated rings. The molecule has 0 heterocycles. The lowest BCUT2D eigenvalue weighted by Crippen LogP contribution is -2.44. The Kier molecular flexibility index (Phi) is 6.79. The number of hydrogen-bond acceptors (Lipinski definition) is 5. The molecule has 0 saturated carbocycles. The number of hydrogen-bond donors (Lipinski definition) is 2. The first-order chi connectivity index (χ1) is 7.58. The highest BCUT2D eigenvalue weighted by molar-refractivity contribution is 7.47. The van der Waals surface area contributed by atoms with Crippen molar-refractivity contribution >= 4 is 7.82 Å². The lowest BCUT2D eigenvalue weighted by molar-refractivity contribution is -0.913. The molecule has 3 unspecified atom stereocenters. The summed E-state index contributed by atoms with van der Waals surface area (Å²) >= 11 is 0. The van der Waals surface area contributed by atoms with Crippen molar-refractivity contribution in [1.29, 1.82) is 0 Å². The second kappa shape index (κ2) is 6.80. The standard InChI is InChI=1S/C9H22NO6P/c1-8(10(2,3)4)16-17(12,13)15-7-9(11)6-14-5/h8-9,11H,6-7H2,1-5H3/p+1. The number of phosphoric acid groups is 1. The topological polar surface area (TPSA) is 85.2 Å². The summed E-state index contributed by atoms with van der Waals surface area (Å²) in [7, 11) is 2.73. The van der Waals surface area contributed by atoms with Crippen molar-refractivity contribution in [1.82, 2.24) is 0 Å². The zero-order chi connectivity index (χ0) is 13.7. The summed E-state index contributed by atoms with van der Waals surface area (Å²) in [5.74, 6) is 0. The molecule has 0 aliphatic heterocycles. The van der Waals surface area contributed by atoms with E-state index >= 15 is 0 Å². The number of aliphatic hydroxyl groups excluding tert-OH is 1. The van der Waals surface area contributed by atoms with Gasteiger partial charge in [-0.05, 0) is 0 Å². The molecule has 17 heavy (non-hydrogen) atoms. The maximum absolute atomic E-state index is 11.5. The molecule has 7 nitrogen and oxygen atoms in total. The molecule has 0 aliphatic carbocycles. The molecule has 0 rings (SSSR count). The van der Waals surface area contributed by atoms with Gasteiger partial charge in [-0.2, -0.15) is 0 Å². The highest BCUT2D eigenvalue weighted by Crippen LogP contribution is 2.45. The fourth-order valence-corrected chi connectivity index (χ4v) is 1.88. The molecule has 0 bridgehead atoms. The Balaban J connectivity index is 4.17. The van der Waals surface area contributed by atoms with E-state index in [1.165, 1.54) is 7.11 Å². The number of aliphatic hydroxyl groups is 1. The van der Waals surface area contributed by atoms with Crippen LogP contribution in [0.5, 0.6) is 0 Å². The molecule has 0 aliphatic rings. The van der Waals surface area contributed by atoms with Crippen LogP contribution in [-0.4, -0.2) is 68.3 Å². The van der Waals surface area contributed by atoms with Gasteiger partial charge in [-0.15, -0.1) is 0 Å². The Labute approximate surface area is 102 Å². The van der Waals surface area contributed by atoms with Crippen molar-refractivity contribution in [2.45, 2.75) is 19.3 Å². The Morgan fingerprint density at radius 3 is 2.24 bits per heavy atom. The van der Waals surface area contributed by atoms with E-state index in [0.29, 0.717) is 4.48 Å². The van der Waals surface area contributed by atoms with Gasteiger partial charge in [0.25, 0.3) is 0 Å². The van der Waals surface area contributed by atoms with E-state index in [1.54, 1.807) is 6.92 Å². The van der Waals surface area contributed by atoms with Crippen molar-refractivity contribution in [3.05, 3.63) is 0 Å². The van der Waals surface area contributed by atoms with Crippen molar-refractivity contribution in [3.8, 4) is 0 Å². The Bertz CT molecular complexity index is 267. The first kappa shape index (κ1) is 17.0. The van der Waals surface area contributed by atoms with Crippen molar-refractivity contribution in [3.63, 3.8) is 0 Å². The SMILES string of the molecule is COCC(O)COP(=O)(O)OC(C)[N+](C)(C)C. The lowest BCUT2D eigenvalue weighted by Gasteiger charge is -2.31. The average molecular weight is 272 g/mol. The van der Waals surface area contributed by atoms with Crippen LogP contribution in [-0.2, 0) is 18.3 Å². The normalized spacial score (nSPS) is 19.7. The number of rotatable bonds is 8. The van der Waals surface area contributed by atoms with E-state index in [2.05, 4.69) is 9.26 Å². The molecule has 0 spiro atoms. The maximum atomic E-state index is 11.5. The molecule has 0 saturated heterocycles. The Morgan fingerprint density at radius 2 is 1.82 bits per heavy atom. The third-order valence-electron chi connectivity index (χ3n) is 2.17. The van der Waals surface area contributed by atoms with Gasteiger partial charge in [0.15, 0.2) is 0 Å². The first-order valence-electron chi connectivity index (χ1n) is 5.22. The van der Waals surface area contributed by atoms with Crippen molar-refractivity contribution < 1.29 is 32.8 Å². The van der Waals surface area contributed by atoms with Gasteiger partial charge in [-0.3, -0.25) is 4.52 Å². The van der Waals surface area contributed by atoms with E-state index < -0.39 is 20.2 Å². The summed E-state index contributed by atoms with van der Waals surface area (Å²) < 4.78 is 26.1. The highest BCUT2D eigenvalue weighted by Gasteiger charge is 2.31. The largest absolute Gasteiger partial charge is 0.476 e. The smallest absolute Gasteiger partial charge is 0.388 e. The molecular formula is C9H23NO6P+. The Morgan fingerprint density at radius 1 is 1.29 bits per heavy atom. The minimum absolute atomic E-state index is 0.0326. The predicted molar refractivity (Wildman–Crippen MR) is 62.2 cm³/mol. The van der Waals surface area contributed by atoms with Crippen LogP contribution in [0.2, 0.25) is 0 Å². The molecule has 0 amide bonds. The molecule has 2 N–H and O–H groups in total. The van der Waals surface area contributed by atoms with Crippen LogP contribution >= 0.6 is 7.82 Å². The van der Waals surface area contributed by atoms with Crippen LogP contribution in [0.25, 0.3) is 0 Å². The maximum Gasteiger partial charge on any atom is 0.476 e. The Hall–Kier alpha value is -0.0100. The number of ether oxygens (including phenoxy) is 1. The number of nitrogens with zero attached hydrogens (tertiary/aromatic N) is 1. The van der Waals surface area contributed by atoms with Gasteiger partial charge in [0, 0.05) is 14.0 Å². The number of methoxy groups -OCH3 is 1. The molecule has 0 aromatic carbocycles. The van der Waals surface area contributed by atoms with Gasteiger partial charge in [0.2, 0.25) is 6.23 Å². The fraction of sp³-hybridized carbons (Fsp3) is 1.00. The predicted octanol–water partition coefficient (Wildman–Crippen LogP) is 0.179. The van der Waals surface area contributed by atoms with E-state index in [-0.39, 0.29) is 13.2 Å². The molecule has 104 valence electrons. The summed E-state index contributed by atoms with van der Waals surface area (Å²) in [5.41, 5.74) is 0. The summed E-state index contributed by atoms with van der Waals surface area (Å²) in [4.78, 5) is 9.41. The van der Waals surface area contributed by atoms with E-state index in [1.807, 2.05) is 21.1 Å². The molecular weight excluding hydrogens is 249 g/mol. The quantitative estimate of drug-likeness (QED) is 0.372. The molecule has 3 atom stereocenters. The lowest BCUT2D eigenvalue weighted by atomic mass is 10.4. The summed E-state index contributed by atoms with van der Waals surface area (Å²) in [5, 5.41) is 9.26. The monoisotopic (exact) mass is 272 g/mol. The minimum Gasteiger partial charge on any atom is -0.388 e. The minimum atomic E-state index is -4.15. The molecule has 0 radical (unpaired) electrons. The summed E-state index contributed by atoms with van der Waals surface area (Å²) in [6.45, 7) is 1.38. The summed E-state index contributed by atoms with van der Waals surface area (Å²) in [6, 6.07) is 0. The van der Waals surface area contributed by atoms with Crippen molar-refractivity contribution in [2.75, 3.05) is 41.5 Å². The zero-order valence-electron chi connectivity index (χ0n) is 11.0. The van der Waals surface area contributed by atoms with Crippen LogP contribution < -0.4 is 0 Å². The van der Waals surface area contributed by atoms with Crippen LogP contribution in [0.3, 0.4) is 0 Å². The molecule has 0 aromatic rings. The second-order valence-corrected chi connectivity index (χ2v) is 6.10.